The van der Waals surface area contributed by atoms with Gasteiger partial charge in [0.05, 0.1) is 12.6 Å². The SMILES string of the molecule is Cc1ccc(C2CN=C(N)N2c2cccc(F)c2)c(C)c1. The Kier molecular flexibility index (Phi) is 3.37. The molecule has 3 rings (SSSR count). The number of benzene rings is 2. The van der Waals surface area contributed by atoms with E-state index in [9.17, 15) is 4.39 Å². The highest BCUT2D eigenvalue weighted by molar-refractivity contribution is 5.97. The predicted molar refractivity (Wildman–Crippen MR) is 84.0 cm³/mol. The van der Waals surface area contributed by atoms with Crippen molar-refractivity contribution in [3.05, 3.63) is 65.0 Å². The van der Waals surface area contributed by atoms with Gasteiger partial charge in [0.1, 0.15) is 5.82 Å². The number of rotatable bonds is 2. The number of aryl methyl sites for hydroxylation is 2. The Morgan fingerprint density at radius 1 is 1.19 bits per heavy atom. The molecule has 2 aromatic carbocycles. The molecule has 108 valence electrons. The van der Waals surface area contributed by atoms with Gasteiger partial charge in [-0.05, 0) is 43.2 Å². The molecule has 0 spiro atoms. The first-order chi connectivity index (χ1) is 10.1. The molecule has 0 bridgehead atoms. The van der Waals surface area contributed by atoms with Crippen LogP contribution >= 0.6 is 0 Å². The molecule has 1 atom stereocenters. The first-order valence-electron chi connectivity index (χ1n) is 6.98. The van der Waals surface area contributed by atoms with Crippen molar-refractivity contribution in [2.75, 3.05) is 11.4 Å². The maximum Gasteiger partial charge on any atom is 0.196 e. The zero-order valence-electron chi connectivity index (χ0n) is 12.2. The summed E-state index contributed by atoms with van der Waals surface area (Å²) in [7, 11) is 0. The van der Waals surface area contributed by atoms with Crippen molar-refractivity contribution < 1.29 is 4.39 Å². The van der Waals surface area contributed by atoms with E-state index in [1.165, 1.54) is 28.8 Å². The van der Waals surface area contributed by atoms with E-state index >= 15 is 0 Å². The lowest BCUT2D eigenvalue weighted by molar-refractivity contribution is 0.626. The van der Waals surface area contributed by atoms with Crippen LogP contribution in [0.25, 0.3) is 0 Å². The lowest BCUT2D eigenvalue weighted by Crippen LogP contribution is -2.36. The van der Waals surface area contributed by atoms with E-state index in [1.807, 2.05) is 11.0 Å². The van der Waals surface area contributed by atoms with Crippen molar-refractivity contribution in [3.8, 4) is 0 Å². The van der Waals surface area contributed by atoms with Gasteiger partial charge in [-0.25, -0.2) is 4.39 Å². The van der Waals surface area contributed by atoms with Crippen molar-refractivity contribution in [2.24, 2.45) is 10.7 Å². The maximum atomic E-state index is 13.5. The summed E-state index contributed by atoms with van der Waals surface area (Å²) in [5, 5.41) is 0. The second kappa shape index (κ2) is 5.20. The molecule has 4 heteroatoms. The Labute approximate surface area is 123 Å². The van der Waals surface area contributed by atoms with Crippen LogP contribution in [0.2, 0.25) is 0 Å². The molecule has 1 aliphatic rings. The lowest BCUT2D eigenvalue weighted by Gasteiger charge is -2.28. The molecule has 0 saturated heterocycles. The van der Waals surface area contributed by atoms with Crippen molar-refractivity contribution >= 4 is 11.6 Å². The topological polar surface area (TPSA) is 41.6 Å². The number of nitrogens with two attached hydrogens (primary N) is 1. The van der Waals surface area contributed by atoms with Crippen molar-refractivity contribution in [2.45, 2.75) is 19.9 Å². The van der Waals surface area contributed by atoms with E-state index in [2.05, 4.69) is 37.0 Å². The van der Waals surface area contributed by atoms with Crippen molar-refractivity contribution in [3.63, 3.8) is 0 Å². The van der Waals surface area contributed by atoms with E-state index in [1.54, 1.807) is 6.07 Å². The summed E-state index contributed by atoms with van der Waals surface area (Å²) < 4.78 is 13.5. The molecule has 2 N–H and O–H groups in total. The molecule has 0 aromatic heterocycles. The summed E-state index contributed by atoms with van der Waals surface area (Å²) in [5.41, 5.74) is 10.4. The summed E-state index contributed by atoms with van der Waals surface area (Å²) in [6.45, 7) is 4.74. The molecule has 1 heterocycles. The third kappa shape index (κ3) is 2.49. The largest absolute Gasteiger partial charge is 0.369 e. The van der Waals surface area contributed by atoms with Crippen LogP contribution in [0, 0.1) is 19.7 Å². The Morgan fingerprint density at radius 2 is 2.00 bits per heavy atom. The Bertz CT molecular complexity index is 709. The van der Waals surface area contributed by atoms with Gasteiger partial charge in [-0.1, -0.05) is 29.8 Å². The molecule has 0 amide bonds. The fraction of sp³-hybridized carbons (Fsp3) is 0.235. The number of aliphatic imine (C=N–C) groups is 1. The molecule has 3 nitrogen and oxygen atoms in total. The normalized spacial score (nSPS) is 18.0. The van der Waals surface area contributed by atoms with Gasteiger partial charge in [0.25, 0.3) is 0 Å². The number of guanidine groups is 1. The zero-order chi connectivity index (χ0) is 15.0. The molecule has 0 aliphatic carbocycles. The van der Waals surface area contributed by atoms with Crippen LogP contribution in [-0.4, -0.2) is 12.5 Å². The number of hydrogen-bond donors (Lipinski definition) is 1. The Balaban J connectivity index is 2.03. The minimum absolute atomic E-state index is 0.0207. The van der Waals surface area contributed by atoms with Crippen molar-refractivity contribution in [1.82, 2.24) is 0 Å². The number of anilines is 1. The molecule has 1 unspecified atom stereocenters. The smallest absolute Gasteiger partial charge is 0.196 e. The Morgan fingerprint density at radius 3 is 2.71 bits per heavy atom. The van der Waals surface area contributed by atoms with Crippen LogP contribution in [0.3, 0.4) is 0 Å². The van der Waals surface area contributed by atoms with Gasteiger partial charge in [-0.2, -0.15) is 0 Å². The predicted octanol–water partition coefficient (Wildman–Crippen LogP) is 3.32. The first kappa shape index (κ1) is 13.6. The highest BCUT2D eigenvalue weighted by atomic mass is 19.1. The Hall–Kier alpha value is -2.36. The molecule has 0 saturated carbocycles. The third-order valence-corrected chi connectivity index (χ3v) is 3.86. The molecule has 0 radical (unpaired) electrons. The fourth-order valence-corrected chi connectivity index (χ4v) is 2.87. The zero-order valence-corrected chi connectivity index (χ0v) is 12.2. The molecular formula is C17H18FN3. The highest BCUT2D eigenvalue weighted by Gasteiger charge is 2.29. The van der Waals surface area contributed by atoms with Crippen LogP contribution in [0.5, 0.6) is 0 Å². The molecule has 21 heavy (non-hydrogen) atoms. The van der Waals surface area contributed by atoms with Gasteiger partial charge in [0.2, 0.25) is 0 Å². The quantitative estimate of drug-likeness (QED) is 0.918. The van der Waals surface area contributed by atoms with E-state index in [-0.39, 0.29) is 11.9 Å². The monoisotopic (exact) mass is 283 g/mol. The summed E-state index contributed by atoms with van der Waals surface area (Å²) in [6.07, 6.45) is 0. The van der Waals surface area contributed by atoms with Gasteiger partial charge in [-0.3, -0.25) is 4.99 Å². The van der Waals surface area contributed by atoms with E-state index in [0.717, 1.165) is 5.69 Å². The van der Waals surface area contributed by atoms with E-state index < -0.39 is 0 Å². The standard InChI is InChI=1S/C17H18FN3/c1-11-6-7-15(12(2)8-11)16-10-20-17(19)21(16)14-5-3-4-13(18)9-14/h3-9,16H,10H2,1-2H3,(H2,19,20). The molecule has 1 aliphatic heterocycles. The summed E-state index contributed by atoms with van der Waals surface area (Å²) in [4.78, 5) is 6.25. The summed E-state index contributed by atoms with van der Waals surface area (Å²) in [5.74, 6) is 0.164. The fourth-order valence-electron chi connectivity index (χ4n) is 2.87. The van der Waals surface area contributed by atoms with Crippen molar-refractivity contribution in [1.29, 1.82) is 0 Å². The first-order valence-corrected chi connectivity index (χ1v) is 6.98. The number of halogens is 1. The van der Waals surface area contributed by atoms with Gasteiger partial charge in [-0.15, -0.1) is 0 Å². The third-order valence-electron chi connectivity index (χ3n) is 3.86. The summed E-state index contributed by atoms with van der Waals surface area (Å²) in [6, 6.07) is 12.8. The molecule has 0 fully saturated rings. The van der Waals surface area contributed by atoms with E-state index in [0.29, 0.717) is 12.5 Å². The second-order valence-electron chi connectivity index (χ2n) is 5.42. The number of hydrogen-bond acceptors (Lipinski definition) is 3. The van der Waals surface area contributed by atoms with Crippen LogP contribution in [0.15, 0.2) is 47.5 Å². The molecular weight excluding hydrogens is 265 g/mol. The minimum atomic E-state index is -0.272. The number of nitrogens with zero attached hydrogens (tertiary/aromatic N) is 2. The van der Waals surface area contributed by atoms with Crippen LogP contribution < -0.4 is 10.6 Å². The average molecular weight is 283 g/mol. The van der Waals surface area contributed by atoms with Crippen LogP contribution in [0.1, 0.15) is 22.7 Å². The van der Waals surface area contributed by atoms with Crippen LogP contribution in [0.4, 0.5) is 10.1 Å². The second-order valence-corrected chi connectivity index (χ2v) is 5.42. The maximum absolute atomic E-state index is 13.5. The van der Waals surface area contributed by atoms with Crippen LogP contribution in [-0.2, 0) is 0 Å². The van der Waals surface area contributed by atoms with E-state index in [4.69, 9.17) is 5.73 Å². The van der Waals surface area contributed by atoms with Gasteiger partial charge >= 0.3 is 0 Å². The molecule has 2 aromatic rings. The van der Waals surface area contributed by atoms with Gasteiger partial charge < -0.3 is 10.6 Å². The summed E-state index contributed by atoms with van der Waals surface area (Å²) >= 11 is 0. The average Bonchev–Trinajstić information content (AvgIpc) is 2.80. The minimum Gasteiger partial charge on any atom is -0.369 e. The lowest BCUT2D eigenvalue weighted by atomic mass is 9.98. The highest BCUT2D eigenvalue weighted by Crippen LogP contribution is 2.33. The van der Waals surface area contributed by atoms with Gasteiger partial charge in [0, 0.05) is 5.69 Å². The van der Waals surface area contributed by atoms with Gasteiger partial charge in [0.15, 0.2) is 5.96 Å².